The number of aliphatic hydroxyl groups is 1. The van der Waals surface area contributed by atoms with Crippen LogP contribution in [0.5, 0.6) is 0 Å². The molecule has 2 N–H and O–H groups in total. The van der Waals surface area contributed by atoms with E-state index in [1.54, 1.807) is 11.8 Å². The summed E-state index contributed by atoms with van der Waals surface area (Å²) in [5.41, 5.74) is 1.09. The molecule has 2 fully saturated rings. The van der Waals surface area contributed by atoms with Gasteiger partial charge in [0.15, 0.2) is 6.35 Å². The predicted octanol–water partition coefficient (Wildman–Crippen LogP) is 1.48. The van der Waals surface area contributed by atoms with E-state index in [0.717, 1.165) is 25.7 Å². The summed E-state index contributed by atoms with van der Waals surface area (Å²) in [6.45, 7) is 2.22. The van der Waals surface area contributed by atoms with Crippen molar-refractivity contribution in [2.75, 3.05) is 20.6 Å². The zero-order valence-corrected chi connectivity index (χ0v) is 14.2. The molecule has 1 atom stereocenters. The van der Waals surface area contributed by atoms with Gasteiger partial charge in [-0.1, -0.05) is 30.3 Å². The number of benzene rings is 1. The Morgan fingerprint density at radius 2 is 1.83 bits per heavy atom. The van der Waals surface area contributed by atoms with Crippen molar-refractivity contribution in [3.63, 3.8) is 0 Å². The first-order chi connectivity index (χ1) is 10.9. The molecular weight excluding hydrogens is 290 g/mol. The second-order valence-corrected chi connectivity index (χ2v) is 7.16. The molecule has 0 radical (unpaired) electrons. The number of hydrogen-bond donors (Lipinski definition) is 2. The van der Waals surface area contributed by atoms with Gasteiger partial charge in [0, 0.05) is 19.0 Å². The van der Waals surface area contributed by atoms with Crippen molar-refractivity contribution >= 4 is 5.91 Å². The average Bonchev–Trinajstić information content (AvgIpc) is 2.85. The van der Waals surface area contributed by atoms with E-state index in [2.05, 4.69) is 48.6 Å². The molecular formula is C18H27N3O2. The van der Waals surface area contributed by atoms with Crippen molar-refractivity contribution in [3.05, 3.63) is 35.9 Å². The van der Waals surface area contributed by atoms with E-state index >= 15 is 0 Å². The van der Waals surface area contributed by atoms with Crippen LogP contribution < -0.4 is 5.32 Å². The first-order valence-electron chi connectivity index (χ1n) is 8.36. The molecule has 126 valence electrons. The number of rotatable bonds is 2. The van der Waals surface area contributed by atoms with Crippen molar-refractivity contribution in [3.8, 4) is 0 Å². The van der Waals surface area contributed by atoms with E-state index in [-0.39, 0.29) is 17.0 Å². The number of carbonyl (C=O) groups is 1. The smallest absolute Gasteiger partial charge is 0.223 e. The minimum Gasteiger partial charge on any atom is -0.361 e. The SMILES string of the molecule is CC(=O)N1C(O)NCC12CCC(c1ccccc1)(N(C)C)CC2. The quantitative estimate of drug-likeness (QED) is 0.868. The molecule has 1 spiro atoms. The Labute approximate surface area is 138 Å². The largest absolute Gasteiger partial charge is 0.361 e. The second-order valence-electron chi connectivity index (χ2n) is 7.16. The molecule has 1 unspecified atom stereocenters. The fourth-order valence-corrected chi connectivity index (χ4v) is 4.51. The molecule has 5 nitrogen and oxygen atoms in total. The van der Waals surface area contributed by atoms with Gasteiger partial charge < -0.3 is 5.11 Å². The summed E-state index contributed by atoms with van der Waals surface area (Å²) in [7, 11) is 4.27. The summed E-state index contributed by atoms with van der Waals surface area (Å²) in [6.07, 6.45) is 2.88. The second kappa shape index (κ2) is 5.89. The Morgan fingerprint density at radius 3 is 2.35 bits per heavy atom. The molecule has 1 amide bonds. The summed E-state index contributed by atoms with van der Waals surface area (Å²) >= 11 is 0. The third-order valence-corrected chi connectivity index (χ3v) is 5.88. The van der Waals surface area contributed by atoms with E-state index in [4.69, 9.17) is 0 Å². The van der Waals surface area contributed by atoms with Crippen molar-refractivity contribution in [1.29, 1.82) is 0 Å². The maximum absolute atomic E-state index is 12.0. The van der Waals surface area contributed by atoms with Crippen LogP contribution in [0.1, 0.15) is 38.2 Å². The number of aliphatic hydroxyl groups excluding tert-OH is 1. The summed E-state index contributed by atoms with van der Waals surface area (Å²) in [4.78, 5) is 16.0. The van der Waals surface area contributed by atoms with E-state index in [1.165, 1.54) is 5.56 Å². The lowest BCUT2D eigenvalue weighted by Gasteiger charge is -2.51. The first kappa shape index (κ1) is 16.4. The summed E-state index contributed by atoms with van der Waals surface area (Å²) in [6, 6.07) is 10.6. The highest BCUT2D eigenvalue weighted by Gasteiger charge is 2.52. The van der Waals surface area contributed by atoms with Crippen molar-refractivity contribution in [2.24, 2.45) is 0 Å². The molecule has 0 bridgehead atoms. The van der Waals surface area contributed by atoms with Crippen LogP contribution in [-0.2, 0) is 10.3 Å². The van der Waals surface area contributed by atoms with Crippen molar-refractivity contribution in [1.82, 2.24) is 15.1 Å². The van der Waals surface area contributed by atoms with E-state index in [9.17, 15) is 9.90 Å². The third-order valence-electron chi connectivity index (χ3n) is 5.88. The molecule has 1 aliphatic carbocycles. The van der Waals surface area contributed by atoms with Gasteiger partial charge in [-0.3, -0.25) is 19.9 Å². The van der Waals surface area contributed by atoms with Gasteiger partial charge in [0.2, 0.25) is 5.91 Å². The molecule has 1 aliphatic heterocycles. The summed E-state index contributed by atoms with van der Waals surface area (Å²) in [5, 5.41) is 13.2. The maximum Gasteiger partial charge on any atom is 0.223 e. The molecule has 2 aliphatic rings. The highest BCUT2D eigenvalue weighted by atomic mass is 16.3. The zero-order valence-electron chi connectivity index (χ0n) is 14.2. The van der Waals surface area contributed by atoms with Crippen molar-refractivity contribution < 1.29 is 9.90 Å². The van der Waals surface area contributed by atoms with Crippen LogP contribution >= 0.6 is 0 Å². The molecule has 1 aromatic carbocycles. The Kier molecular flexibility index (Phi) is 4.21. The molecule has 3 rings (SSSR count). The monoisotopic (exact) mass is 317 g/mol. The summed E-state index contributed by atoms with van der Waals surface area (Å²) in [5.74, 6) is -0.0560. The standard InChI is InChI=1S/C18H27N3O2/c1-14(22)21-16(23)19-13-17(21)9-11-18(12-10-17,20(2)3)15-7-5-4-6-8-15/h4-8,16,19,23H,9-13H2,1-3H3. The maximum atomic E-state index is 12.0. The van der Waals surface area contributed by atoms with Crippen LogP contribution in [0.4, 0.5) is 0 Å². The van der Waals surface area contributed by atoms with Crippen LogP contribution in [0, 0.1) is 0 Å². The van der Waals surface area contributed by atoms with Crippen LogP contribution in [0.15, 0.2) is 30.3 Å². The topological polar surface area (TPSA) is 55.8 Å². The molecule has 1 aromatic rings. The number of carbonyl (C=O) groups excluding carboxylic acids is 1. The Morgan fingerprint density at radius 1 is 1.22 bits per heavy atom. The molecule has 5 heteroatoms. The summed E-state index contributed by atoms with van der Waals surface area (Å²) < 4.78 is 0. The van der Waals surface area contributed by atoms with Gasteiger partial charge in [-0.15, -0.1) is 0 Å². The van der Waals surface area contributed by atoms with Crippen LogP contribution in [0.3, 0.4) is 0 Å². The van der Waals surface area contributed by atoms with Crippen molar-refractivity contribution in [2.45, 2.75) is 50.0 Å². The third kappa shape index (κ3) is 2.57. The number of nitrogens with zero attached hydrogens (tertiary/aromatic N) is 2. The van der Waals surface area contributed by atoms with Gasteiger partial charge >= 0.3 is 0 Å². The minimum absolute atomic E-state index is 0.00249. The lowest BCUT2D eigenvalue weighted by molar-refractivity contribution is -0.147. The highest BCUT2D eigenvalue weighted by Crippen LogP contribution is 2.47. The van der Waals surface area contributed by atoms with Gasteiger partial charge in [0.1, 0.15) is 0 Å². The number of nitrogens with one attached hydrogen (secondary N) is 1. The first-order valence-corrected chi connectivity index (χ1v) is 8.36. The number of amides is 1. The molecule has 0 aromatic heterocycles. The van der Waals surface area contributed by atoms with Crippen LogP contribution in [0.2, 0.25) is 0 Å². The lowest BCUT2D eigenvalue weighted by Crippen LogP contribution is -2.57. The lowest BCUT2D eigenvalue weighted by atomic mass is 9.68. The zero-order chi connectivity index (χ0) is 16.7. The fourth-order valence-electron chi connectivity index (χ4n) is 4.51. The normalized spacial score (nSPS) is 34.3. The van der Waals surface area contributed by atoms with Gasteiger partial charge in [-0.25, -0.2) is 0 Å². The Balaban J connectivity index is 1.88. The van der Waals surface area contributed by atoms with E-state index in [1.807, 2.05) is 6.07 Å². The molecule has 1 saturated carbocycles. The fraction of sp³-hybridized carbons (Fsp3) is 0.611. The molecule has 23 heavy (non-hydrogen) atoms. The Bertz CT molecular complexity index is 565. The van der Waals surface area contributed by atoms with Crippen LogP contribution in [0.25, 0.3) is 0 Å². The van der Waals surface area contributed by atoms with Crippen LogP contribution in [-0.4, -0.2) is 53.3 Å². The number of hydrogen-bond acceptors (Lipinski definition) is 4. The highest BCUT2D eigenvalue weighted by molar-refractivity contribution is 5.75. The van der Waals surface area contributed by atoms with E-state index in [0.29, 0.717) is 6.54 Å². The molecule has 1 heterocycles. The van der Waals surface area contributed by atoms with Gasteiger partial charge in [-0.2, -0.15) is 0 Å². The average molecular weight is 317 g/mol. The van der Waals surface area contributed by atoms with E-state index < -0.39 is 6.35 Å². The van der Waals surface area contributed by atoms with Gasteiger partial charge in [-0.05, 0) is 45.3 Å². The molecule has 1 saturated heterocycles. The predicted molar refractivity (Wildman–Crippen MR) is 89.5 cm³/mol. The minimum atomic E-state index is -0.851. The Hall–Kier alpha value is -1.43. The van der Waals surface area contributed by atoms with Gasteiger partial charge in [0.25, 0.3) is 0 Å². The van der Waals surface area contributed by atoms with Gasteiger partial charge in [0.05, 0.1) is 5.54 Å².